The lowest BCUT2D eigenvalue weighted by Crippen LogP contribution is -2.50. The topological polar surface area (TPSA) is 86.7 Å². The molecule has 1 aliphatic rings. The van der Waals surface area contributed by atoms with E-state index in [2.05, 4.69) is 5.32 Å². The van der Waals surface area contributed by atoms with Crippen LogP contribution in [0.1, 0.15) is 26.3 Å². The van der Waals surface area contributed by atoms with Gasteiger partial charge < -0.3 is 15.3 Å². The Morgan fingerprint density at radius 1 is 1.33 bits per heavy atom. The number of rotatable bonds is 4. The molecule has 1 aliphatic heterocycles. The van der Waals surface area contributed by atoms with Gasteiger partial charge in [0.15, 0.2) is 0 Å². The van der Waals surface area contributed by atoms with E-state index >= 15 is 0 Å². The summed E-state index contributed by atoms with van der Waals surface area (Å²) in [5, 5.41) is 11.5. The van der Waals surface area contributed by atoms with Crippen LogP contribution >= 0.6 is 0 Å². The van der Waals surface area contributed by atoms with Crippen molar-refractivity contribution in [2.24, 2.45) is 0 Å². The highest BCUT2D eigenvalue weighted by Crippen LogP contribution is 2.41. The van der Waals surface area contributed by atoms with Gasteiger partial charge in [-0.1, -0.05) is 18.2 Å². The average Bonchev–Trinajstić information content (AvgIpc) is 2.59. The van der Waals surface area contributed by atoms with Crippen LogP contribution in [0.5, 0.6) is 0 Å². The van der Waals surface area contributed by atoms with Crippen LogP contribution in [0.2, 0.25) is 0 Å². The summed E-state index contributed by atoms with van der Waals surface area (Å²) in [6.07, 6.45) is 0. The van der Waals surface area contributed by atoms with Gasteiger partial charge in [0.1, 0.15) is 6.04 Å². The molecule has 21 heavy (non-hydrogen) atoms. The molecule has 0 spiro atoms. The summed E-state index contributed by atoms with van der Waals surface area (Å²) in [4.78, 5) is 36.3. The van der Waals surface area contributed by atoms with Gasteiger partial charge in [-0.3, -0.25) is 9.59 Å². The molecule has 1 heterocycles. The van der Waals surface area contributed by atoms with Crippen LogP contribution in [0.3, 0.4) is 0 Å². The second-order valence-corrected chi connectivity index (χ2v) is 5.65. The molecule has 0 radical (unpaired) electrons. The molecule has 6 nitrogen and oxygen atoms in total. The lowest BCUT2D eigenvalue weighted by Gasteiger charge is -2.24. The summed E-state index contributed by atoms with van der Waals surface area (Å²) in [5.41, 5.74) is 0.863. The average molecular weight is 290 g/mol. The van der Waals surface area contributed by atoms with Crippen LogP contribution in [0.4, 0.5) is 5.69 Å². The number of nitrogens with zero attached hydrogens (tertiary/aromatic N) is 1. The maximum Gasteiger partial charge on any atom is 0.328 e. The highest BCUT2D eigenvalue weighted by molar-refractivity contribution is 6.08. The van der Waals surface area contributed by atoms with Crippen LogP contribution in [0.25, 0.3) is 0 Å². The zero-order valence-electron chi connectivity index (χ0n) is 12.2. The zero-order chi connectivity index (χ0) is 15.8. The van der Waals surface area contributed by atoms with Crippen molar-refractivity contribution in [1.82, 2.24) is 5.32 Å². The van der Waals surface area contributed by atoms with E-state index in [4.69, 9.17) is 0 Å². The Kier molecular flexibility index (Phi) is 3.72. The number of nitrogens with one attached hydrogen (secondary N) is 1. The van der Waals surface area contributed by atoms with Crippen molar-refractivity contribution in [2.45, 2.75) is 32.2 Å². The van der Waals surface area contributed by atoms with Crippen molar-refractivity contribution in [3.8, 4) is 0 Å². The fourth-order valence-electron chi connectivity index (χ4n) is 2.59. The maximum absolute atomic E-state index is 12.5. The fraction of sp³-hybridized carbons (Fsp3) is 0.400. The maximum atomic E-state index is 12.5. The minimum atomic E-state index is -1.17. The monoisotopic (exact) mass is 290 g/mol. The van der Waals surface area contributed by atoms with Crippen LogP contribution in [-0.2, 0) is 19.8 Å². The van der Waals surface area contributed by atoms with E-state index in [0.29, 0.717) is 5.69 Å². The van der Waals surface area contributed by atoms with E-state index in [1.807, 2.05) is 26.0 Å². The van der Waals surface area contributed by atoms with Gasteiger partial charge in [0.2, 0.25) is 11.8 Å². The number of carbonyl (C=O) groups is 3. The van der Waals surface area contributed by atoms with E-state index < -0.39 is 23.3 Å². The lowest BCUT2D eigenvalue weighted by atomic mass is 9.86. The number of fused-ring (bicyclic) bond motifs is 1. The Hall–Kier alpha value is -2.37. The first kappa shape index (κ1) is 15.0. The van der Waals surface area contributed by atoms with Crippen molar-refractivity contribution in [2.75, 3.05) is 11.4 Å². The van der Waals surface area contributed by atoms with Crippen molar-refractivity contribution < 1.29 is 19.5 Å². The summed E-state index contributed by atoms with van der Waals surface area (Å²) < 4.78 is 0. The van der Waals surface area contributed by atoms with Crippen molar-refractivity contribution in [1.29, 1.82) is 0 Å². The molecule has 1 unspecified atom stereocenters. The number of hydrogen-bond acceptors (Lipinski definition) is 3. The molecule has 2 rings (SSSR count). The molecule has 0 saturated carbocycles. The van der Waals surface area contributed by atoms with Gasteiger partial charge in [-0.2, -0.15) is 0 Å². The smallest absolute Gasteiger partial charge is 0.328 e. The van der Waals surface area contributed by atoms with E-state index in [1.54, 1.807) is 12.1 Å². The number of carboxylic acid groups (broad SMARTS) is 1. The first-order valence-corrected chi connectivity index (χ1v) is 6.66. The SMILES string of the molecule is CC(=O)NC(CN1C(=O)C(C)(C)c2ccccc21)C(=O)O. The molecule has 0 fully saturated rings. The summed E-state index contributed by atoms with van der Waals surface area (Å²) in [5.74, 6) is -1.78. The number of carbonyl (C=O) groups excluding carboxylic acids is 2. The van der Waals surface area contributed by atoms with E-state index in [-0.39, 0.29) is 12.5 Å². The normalized spacial score (nSPS) is 17.3. The van der Waals surface area contributed by atoms with Crippen LogP contribution in [-0.4, -0.2) is 35.5 Å². The van der Waals surface area contributed by atoms with Gasteiger partial charge in [-0.15, -0.1) is 0 Å². The van der Waals surface area contributed by atoms with E-state index in [0.717, 1.165) is 5.56 Å². The van der Waals surface area contributed by atoms with Crippen molar-refractivity contribution in [3.05, 3.63) is 29.8 Å². The Bertz CT molecular complexity index is 609. The van der Waals surface area contributed by atoms with E-state index in [9.17, 15) is 19.5 Å². The molecule has 0 aromatic heterocycles. The third-order valence-electron chi connectivity index (χ3n) is 3.69. The number of aliphatic carboxylic acids is 1. The number of amides is 2. The molecule has 1 atom stereocenters. The van der Waals surface area contributed by atoms with Gasteiger partial charge in [-0.25, -0.2) is 4.79 Å². The molecular formula is C15H18N2O4. The number of carboxylic acids is 1. The first-order chi connectivity index (χ1) is 9.75. The number of hydrogen-bond donors (Lipinski definition) is 2. The molecule has 0 aliphatic carbocycles. The highest BCUT2D eigenvalue weighted by Gasteiger charge is 2.44. The zero-order valence-corrected chi connectivity index (χ0v) is 12.2. The molecule has 0 bridgehead atoms. The Morgan fingerprint density at radius 3 is 2.52 bits per heavy atom. The number of anilines is 1. The molecular weight excluding hydrogens is 272 g/mol. The molecule has 2 N–H and O–H groups in total. The minimum absolute atomic E-state index is 0.0891. The second-order valence-electron chi connectivity index (χ2n) is 5.65. The molecule has 6 heteroatoms. The Labute approximate surface area is 122 Å². The van der Waals surface area contributed by atoms with Crippen LogP contribution in [0.15, 0.2) is 24.3 Å². The van der Waals surface area contributed by atoms with Crippen molar-refractivity contribution in [3.63, 3.8) is 0 Å². The van der Waals surface area contributed by atoms with E-state index in [1.165, 1.54) is 11.8 Å². The van der Waals surface area contributed by atoms with Gasteiger partial charge >= 0.3 is 5.97 Å². The predicted octanol–water partition coefficient (Wildman–Crippen LogP) is 0.900. The molecule has 0 saturated heterocycles. The lowest BCUT2D eigenvalue weighted by molar-refractivity contribution is -0.141. The fourth-order valence-corrected chi connectivity index (χ4v) is 2.59. The van der Waals surface area contributed by atoms with Gasteiger partial charge in [-0.05, 0) is 25.5 Å². The number of para-hydroxylation sites is 1. The molecule has 112 valence electrons. The number of benzene rings is 1. The summed E-state index contributed by atoms with van der Waals surface area (Å²) in [7, 11) is 0. The van der Waals surface area contributed by atoms with Gasteiger partial charge in [0, 0.05) is 12.6 Å². The third kappa shape index (κ3) is 2.61. The summed E-state index contributed by atoms with van der Waals surface area (Å²) >= 11 is 0. The molecule has 2 amide bonds. The Balaban J connectivity index is 2.34. The minimum Gasteiger partial charge on any atom is -0.480 e. The predicted molar refractivity (Wildman–Crippen MR) is 77.1 cm³/mol. The van der Waals surface area contributed by atoms with Crippen LogP contribution < -0.4 is 10.2 Å². The summed E-state index contributed by atoms with van der Waals surface area (Å²) in [6, 6.07) is 6.17. The van der Waals surface area contributed by atoms with Gasteiger partial charge in [0.25, 0.3) is 0 Å². The van der Waals surface area contributed by atoms with Crippen molar-refractivity contribution >= 4 is 23.5 Å². The quantitative estimate of drug-likeness (QED) is 0.862. The second kappa shape index (κ2) is 5.20. The summed E-state index contributed by atoms with van der Waals surface area (Å²) in [6.45, 7) is 4.78. The molecule has 1 aromatic carbocycles. The standard InChI is InChI=1S/C15H18N2O4/c1-9(18)16-11(13(19)20)8-17-12-7-5-4-6-10(12)15(2,3)14(17)21/h4-7,11H,8H2,1-3H3,(H,16,18)(H,19,20). The van der Waals surface area contributed by atoms with Gasteiger partial charge in [0.05, 0.1) is 12.0 Å². The highest BCUT2D eigenvalue weighted by atomic mass is 16.4. The largest absolute Gasteiger partial charge is 0.480 e. The van der Waals surface area contributed by atoms with Crippen LogP contribution in [0, 0.1) is 0 Å². The molecule has 1 aromatic rings. The first-order valence-electron chi connectivity index (χ1n) is 6.66. The third-order valence-corrected chi connectivity index (χ3v) is 3.69. The Morgan fingerprint density at radius 2 is 1.95 bits per heavy atom.